The van der Waals surface area contributed by atoms with E-state index in [0.29, 0.717) is 31.6 Å². The van der Waals surface area contributed by atoms with Crippen molar-refractivity contribution in [1.82, 2.24) is 0 Å². The van der Waals surface area contributed by atoms with Crippen molar-refractivity contribution in [1.29, 1.82) is 0 Å². The maximum Gasteiger partial charge on any atom is 0.472 e. The van der Waals surface area contributed by atoms with Crippen LogP contribution in [-0.2, 0) is 65.4 Å². The average Bonchev–Trinajstić information content (AvgIpc) is 3.54. The first-order valence-corrected chi connectivity index (χ1v) is 37.3. The Bertz CT molecular complexity index is 1700. The van der Waals surface area contributed by atoms with Gasteiger partial charge in [-0.1, -0.05) is 267 Å². The van der Waals surface area contributed by atoms with Gasteiger partial charge in [-0.3, -0.25) is 37.3 Å². The van der Waals surface area contributed by atoms with E-state index in [-0.39, 0.29) is 25.7 Å². The summed E-state index contributed by atoms with van der Waals surface area (Å²) in [5.41, 5.74) is 0. The summed E-state index contributed by atoms with van der Waals surface area (Å²) in [6.45, 7) is 14.0. The summed E-state index contributed by atoms with van der Waals surface area (Å²) in [7, 11) is -9.89. The Hall–Kier alpha value is -1.94. The van der Waals surface area contributed by atoms with Crippen LogP contribution in [0.25, 0.3) is 0 Å². The molecule has 0 aromatic rings. The van der Waals surface area contributed by atoms with Crippen LogP contribution in [0.2, 0.25) is 0 Å². The molecule has 0 heterocycles. The predicted molar refractivity (Wildman–Crippen MR) is 340 cm³/mol. The lowest BCUT2D eigenvalue weighted by molar-refractivity contribution is -0.161. The molecule has 0 fully saturated rings. The van der Waals surface area contributed by atoms with Gasteiger partial charge >= 0.3 is 39.5 Å². The third-order valence-electron chi connectivity index (χ3n) is 15.8. The first-order valence-electron chi connectivity index (χ1n) is 34.3. The summed E-state index contributed by atoms with van der Waals surface area (Å²) in [5.74, 6) is 0.776. The van der Waals surface area contributed by atoms with Crippen molar-refractivity contribution in [2.75, 3.05) is 39.6 Å². The summed E-state index contributed by atoms with van der Waals surface area (Å²) in [5, 5.41) is 10.5. The van der Waals surface area contributed by atoms with Gasteiger partial charge in [-0.25, -0.2) is 9.13 Å². The Balaban J connectivity index is 5.23. The largest absolute Gasteiger partial charge is 0.472 e. The number of hydrogen-bond acceptors (Lipinski definition) is 15. The Morgan fingerprint density at radius 3 is 0.835 bits per heavy atom. The lowest BCUT2D eigenvalue weighted by atomic mass is 10.00. The van der Waals surface area contributed by atoms with Crippen LogP contribution in [0.1, 0.15) is 319 Å². The number of aliphatic hydroxyl groups is 1. The number of aliphatic hydroxyl groups excluding tert-OH is 1. The monoisotopic (exact) mass is 1250 g/mol. The van der Waals surface area contributed by atoms with Crippen molar-refractivity contribution in [2.24, 2.45) is 23.7 Å². The summed E-state index contributed by atoms with van der Waals surface area (Å²) in [6.07, 6.45) is 36.4. The summed E-state index contributed by atoms with van der Waals surface area (Å²) < 4.78 is 68.0. The molecule has 0 aliphatic rings. The molecule has 4 unspecified atom stereocenters. The quantitative estimate of drug-likeness (QED) is 0.0222. The van der Waals surface area contributed by atoms with Crippen molar-refractivity contribution in [3.8, 4) is 0 Å². The fourth-order valence-electron chi connectivity index (χ4n) is 9.72. The zero-order valence-corrected chi connectivity index (χ0v) is 57.0. The van der Waals surface area contributed by atoms with E-state index in [1.807, 2.05) is 0 Å². The third kappa shape index (κ3) is 58.2. The molecule has 0 bridgehead atoms. The second-order valence-electron chi connectivity index (χ2n) is 25.3. The van der Waals surface area contributed by atoms with Crippen LogP contribution in [0.5, 0.6) is 0 Å². The van der Waals surface area contributed by atoms with E-state index in [0.717, 1.165) is 120 Å². The Labute approximate surface area is 517 Å². The van der Waals surface area contributed by atoms with Crippen molar-refractivity contribution in [3.63, 3.8) is 0 Å². The minimum atomic E-state index is -4.95. The standard InChI is InChI=1S/C66H128O17P2/c1-9-58(7)44-36-28-21-24-31-39-47-64(69)77-53-62(83-66(71)49-41-33-25-22-29-37-45-59(8)10-2)55-81-85(74,75)79-51-60(67)50-78-84(72,73)80-54-61(52-76-63(68)46-38-30-23-20-27-35-43-57(5)6)82-65(70)48-40-32-19-17-15-13-11-12-14-16-18-26-34-42-56(3)4/h56-62,67H,9-55H2,1-8H3,(H,72,73)(H,74,75)/t58?,59?,60-,61-,62-/m1/s1. The molecule has 0 aliphatic heterocycles. The number of unbranched alkanes of at least 4 members (excludes halogenated alkanes) is 27. The van der Waals surface area contributed by atoms with Gasteiger partial charge in [0.05, 0.1) is 26.4 Å². The van der Waals surface area contributed by atoms with E-state index in [1.54, 1.807) is 0 Å². The molecular weight excluding hydrogens is 1130 g/mol. The Morgan fingerprint density at radius 2 is 0.565 bits per heavy atom. The number of ether oxygens (including phenoxy) is 4. The molecule has 7 atom stereocenters. The molecule has 0 radical (unpaired) electrons. The number of phosphoric acid groups is 2. The number of carbonyl (C=O) groups excluding carboxylic acids is 4. The average molecular weight is 1260 g/mol. The second-order valence-corrected chi connectivity index (χ2v) is 28.2. The molecule has 0 aromatic carbocycles. The second kappa shape index (κ2) is 56.1. The highest BCUT2D eigenvalue weighted by Crippen LogP contribution is 2.45. The van der Waals surface area contributed by atoms with Crippen molar-refractivity contribution in [3.05, 3.63) is 0 Å². The first kappa shape index (κ1) is 83.1. The lowest BCUT2D eigenvalue weighted by Gasteiger charge is -2.21. The third-order valence-corrected chi connectivity index (χ3v) is 17.7. The van der Waals surface area contributed by atoms with Gasteiger partial charge in [-0.2, -0.15) is 0 Å². The minimum Gasteiger partial charge on any atom is -0.462 e. The van der Waals surface area contributed by atoms with Gasteiger partial charge in [0.2, 0.25) is 0 Å². The Kier molecular flexibility index (Phi) is 54.8. The molecule has 0 amide bonds. The van der Waals surface area contributed by atoms with Gasteiger partial charge in [0.1, 0.15) is 19.3 Å². The number of esters is 4. The van der Waals surface area contributed by atoms with E-state index in [1.165, 1.54) is 109 Å². The van der Waals surface area contributed by atoms with Crippen LogP contribution in [0.4, 0.5) is 0 Å². The molecule has 3 N–H and O–H groups in total. The van der Waals surface area contributed by atoms with E-state index in [4.69, 9.17) is 37.0 Å². The fraction of sp³-hybridized carbons (Fsp3) is 0.939. The maximum absolute atomic E-state index is 13.0. The van der Waals surface area contributed by atoms with Gasteiger partial charge in [-0.15, -0.1) is 0 Å². The molecule has 19 heteroatoms. The fourth-order valence-corrected chi connectivity index (χ4v) is 11.3. The zero-order chi connectivity index (χ0) is 63.2. The van der Waals surface area contributed by atoms with Crippen LogP contribution in [-0.4, -0.2) is 96.7 Å². The molecule has 0 spiro atoms. The zero-order valence-electron chi connectivity index (χ0n) is 55.2. The summed E-state index contributed by atoms with van der Waals surface area (Å²) in [6, 6.07) is 0. The van der Waals surface area contributed by atoms with Crippen LogP contribution in [0.15, 0.2) is 0 Å². The van der Waals surface area contributed by atoms with Gasteiger partial charge in [0.25, 0.3) is 0 Å². The van der Waals surface area contributed by atoms with Gasteiger partial charge in [-0.05, 0) is 49.4 Å². The topological polar surface area (TPSA) is 237 Å². The smallest absolute Gasteiger partial charge is 0.462 e. The van der Waals surface area contributed by atoms with Crippen LogP contribution in [0, 0.1) is 23.7 Å². The highest BCUT2D eigenvalue weighted by atomic mass is 31.2. The molecule has 0 aliphatic carbocycles. The molecule has 85 heavy (non-hydrogen) atoms. The van der Waals surface area contributed by atoms with Crippen LogP contribution < -0.4 is 0 Å². The van der Waals surface area contributed by atoms with Crippen molar-refractivity contribution < 1.29 is 80.2 Å². The van der Waals surface area contributed by atoms with E-state index < -0.39 is 97.5 Å². The van der Waals surface area contributed by atoms with Crippen LogP contribution in [0.3, 0.4) is 0 Å². The lowest BCUT2D eigenvalue weighted by Crippen LogP contribution is -2.30. The van der Waals surface area contributed by atoms with Crippen molar-refractivity contribution in [2.45, 2.75) is 337 Å². The first-order chi connectivity index (χ1) is 40.7. The van der Waals surface area contributed by atoms with E-state index >= 15 is 0 Å². The minimum absolute atomic E-state index is 0.101. The molecule has 504 valence electrons. The predicted octanol–water partition coefficient (Wildman–Crippen LogP) is 18.1. The van der Waals surface area contributed by atoms with E-state index in [9.17, 15) is 43.2 Å². The number of rotatable bonds is 63. The number of hydrogen-bond donors (Lipinski definition) is 3. The van der Waals surface area contributed by atoms with E-state index in [2.05, 4.69) is 55.4 Å². The van der Waals surface area contributed by atoms with Crippen molar-refractivity contribution >= 4 is 39.5 Å². The molecule has 0 saturated heterocycles. The highest BCUT2D eigenvalue weighted by Gasteiger charge is 2.30. The summed E-state index contributed by atoms with van der Waals surface area (Å²) in [4.78, 5) is 72.3. The molecule has 0 aromatic heterocycles. The van der Waals surface area contributed by atoms with Crippen LogP contribution >= 0.6 is 15.6 Å². The molecule has 0 rings (SSSR count). The SMILES string of the molecule is CCC(C)CCCCCCCCC(=O)OC[C@H](COP(=O)(O)OC[C@H](O)COP(=O)(O)OC[C@@H](COC(=O)CCCCCCCCC(C)C)OC(=O)CCCCCCCCCCCCCCCC(C)C)OC(=O)CCCCCCCCC(C)CC. The maximum atomic E-state index is 13.0. The summed E-state index contributed by atoms with van der Waals surface area (Å²) >= 11 is 0. The normalized spacial score (nSPS) is 15.0. The number of carbonyl (C=O) groups is 4. The van der Waals surface area contributed by atoms with Gasteiger partial charge in [0.15, 0.2) is 12.2 Å². The number of phosphoric ester groups is 2. The molecule has 0 saturated carbocycles. The molecular formula is C66H128O17P2. The molecule has 17 nitrogen and oxygen atoms in total. The highest BCUT2D eigenvalue weighted by molar-refractivity contribution is 7.47. The van der Waals surface area contributed by atoms with Gasteiger partial charge < -0.3 is 33.8 Å². The Morgan fingerprint density at radius 1 is 0.329 bits per heavy atom. The van der Waals surface area contributed by atoms with Gasteiger partial charge in [0, 0.05) is 25.7 Å².